The van der Waals surface area contributed by atoms with E-state index < -0.39 is 5.83 Å². The summed E-state index contributed by atoms with van der Waals surface area (Å²) in [5.74, 6) is 0.356. The first-order valence-corrected chi connectivity index (χ1v) is 5.94. The fourth-order valence-electron chi connectivity index (χ4n) is 1.67. The van der Waals surface area contributed by atoms with Crippen LogP contribution in [-0.4, -0.2) is 16.2 Å². The van der Waals surface area contributed by atoms with Crippen molar-refractivity contribution in [2.75, 3.05) is 6.61 Å². The summed E-state index contributed by atoms with van der Waals surface area (Å²) in [7, 11) is 0. The van der Waals surface area contributed by atoms with Crippen molar-refractivity contribution < 1.29 is 9.13 Å². The first-order valence-electron chi connectivity index (χ1n) is 5.14. The zero-order chi connectivity index (χ0) is 12.4. The lowest BCUT2D eigenvalue weighted by molar-refractivity contribution is 0.0816. The number of aromatic nitrogens is 2. The van der Waals surface area contributed by atoms with E-state index in [1.807, 2.05) is 10.8 Å². The summed E-state index contributed by atoms with van der Waals surface area (Å²) in [4.78, 5) is 4.33. The fraction of sp³-hybridized carbons (Fsp3) is 0.250. The van der Waals surface area contributed by atoms with Crippen LogP contribution in [0.4, 0.5) is 4.39 Å². The van der Waals surface area contributed by atoms with Gasteiger partial charge in [0.15, 0.2) is 0 Å². The number of nitrogens with zero attached hydrogens (tertiary/aromatic N) is 2. The molecule has 0 saturated carbocycles. The molecule has 0 radical (unpaired) electrons. The summed E-state index contributed by atoms with van der Waals surface area (Å²) < 4.78 is 21.3. The second-order valence-corrected chi connectivity index (χ2v) is 4.58. The maximum Gasteiger partial charge on any atom is 0.146 e. The molecule has 2 rings (SSSR count). The molecule has 1 aromatic heterocycles. The number of ether oxygens (including phenoxy) is 1. The predicted molar refractivity (Wildman–Crippen MR) is 68.2 cm³/mol. The van der Waals surface area contributed by atoms with E-state index in [1.165, 1.54) is 6.08 Å². The van der Waals surface area contributed by atoms with Gasteiger partial charge in [-0.1, -0.05) is 19.2 Å². The molecular formula is C12H12BrFN2O. The molecule has 0 spiro atoms. The van der Waals surface area contributed by atoms with Gasteiger partial charge in [0, 0.05) is 22.8 Å². The molecule has 0 aliphatic carbocycles. The molecule has 0 atom stereocenters. The quantitative estimate of drug-likeness (QED) is 0.802. The standard InChI is InChI=1S/C12H12BrFN2O/c1-3-9(12(14)8(2)13)10-6-16-4-5-17-7-11(16)15-10/h3,6H,1-2,4-5,7H2/b12-9-. The molecule has 0 unspecified atom stereocenters. The molecule has 0 bridgehead atoms. The third-order valence-corrected chi connectivity index (χ3v) is 2.87. The van der Waals surface area contributed by atoms with E-state index >= 15 is 0 Å². The van der Waals surface area contributed by atoms with E-state index in [0.29, 0.717) is 24.5 Å². The van der Waals surface area contributed by atoms with Gasteiger partial charge in [0.2, 0.25) is 0 Å². The lowest BCUT2D eigenvalue weighted by atomic mass is 10.2. The van der Waals surface area contributed by atoms with E-state index in [2.05, 4.69) is 34.1 Å². The van der Waals surface area contributed by atoms with E-state index in [-0.39, 0.29) is 4.48 Å². The molecule has 0 saturated heterocycles. The van der Waals surface area contributed by atoms with Gasteiger partial charge in [-0.05, 0) is 15.9 Å². The first-order chi connectivity index (χ1) is 8.13. The van der Waals surface area contributed by atoms with Gasteiger partial charge >= 0.3 is 0 Å². The highest BCUT2D eigenvalue weighted by molar-refractivity contribution is 9.11. The van der Waals surface area contributed by atoms with Gasteiger partial charge in [0.05, 0.1) is 12.3 Å². The van der Waals surface area contributed by atoms with Crippen LogP contribution < -0.4 is 0 Å². The predicted octanol–water partition coefficient (Wildman–Crippen LogP) is 3.19. The van der Waals surface area contributed by atoms with Crippen LogP contribution in [0.1, 0.15) is 11.5 Å². The maximum atomic E-state index is 13.8. The van der Waals surface area contributed by atoms with E-state index in [4.69, 9.17) is 4.74 Å². The number of hydrogen-bond donors (Lipinski definition) is 0. The van der Waals surface area contributed by atoms with Crippen molar-refractivity contribution in [1.29, 1.82) is 0 Å². The van der Waals surface area contributed by atoms with Crippen LogP contribution in [-0.2, 0) is 17.9 Å². The molecule has 0 aromatic carbocycles. The van der Waals surface area contributed by atoms with Gasteiger partial charge in [-0.15, -0.1) is 0 Å². The summed E-state index contributed by atoms with van der Waals surface area (Å²) in [5, 5.41) is 0. The Kier molecular flexibility index (Phi) is 3.59. The Hall–Kier alpha value is -1.20. The molecule has 1 aromatic rings. The van der Waals surface area contributed by atoms with Crippen molar-refractivity contribution in [2.45, 2.75) is 13.2 Å². The van der Waals surface area contributed by atoms with Gasteiger partial charge in [-0.25, -0.2) is 9.37 Å². The monoisotopic (exact) mass is 298 g/mol. The van der Waals surface area contributed by atoms with E-state index in [9.17, 15) is 4.39 Å². The van der Waals surface area contributed by atoms with Crippen LogP contribution in [0.5, 0.6) is 0 Å². The average Bonchev–Trinajstić information content (AvgIpc) is 2.72. The lowest BCUT2D eigenvalue weighted by Crippen LogP contribution is -2.15. The Morgan fingerprint density at radius 3 is 3.00 bits per heavy atom. The van der Waals surface area contributed by atoms with Gasteiger partial charge in [-0.2, -0.15) is 0 Å². The third kappa shape index (κ3) is 2.40. The smallest absolute Gasteiger partial charge is 0.146 e. The van der Waals surface area contributed by atoms with Crippen molar-refractivity contribution in [3.8, 4) is 0 Å². The van der Waals surface area contributed by atoms with Gasteiger partial charge < -0.3 is 9.30 Å². The fourth-order valence-corrected chi connectivity index (χ4v) is 1.89. The molecule has 5 heteroatoms. The Bertz CT molecular complexity index is 481. The number of hydrogen-bond acceptors (Lipinski definition) is 2. The minimum absolute atomic E-state index is 0.189. The number of allylic oxidation sites excluding steroid dienone is 4. The lowest BCUT2D eigenvalue weighted by Gasteiger charge is -2.13. The number of halogens is 2. The highest BCUT2D eigenvalue weighted by atomic mass is 79.9. The average molecular weight is 299 g/mol. The maximum absolute atomic E-state index is 13.8. The molecule has 0 amide bonds. The molecule has 2 heterocycles. The van der Waals surface area contributed by atoms with Crippen LogP contribution in [0, 0.1) is 0 Å². The van der Waals surface area contributed by atoms with Gasteiger partial charge in [-0.3, -0.25) is 0 Å². The molecule has 90 valence electrons. The van der Waals surface area contributed by atoms with Crippen molar-refractivity contribution in [3.63, 3.8) is 0 Å². The summed E-state index contributed by atoms with van der Waals surface area (Å²) >= 11 is 3.02. The summed E-state index contributed by atoms with van der Waals surface area (Å²) in [5.41, 5.74) is 0.896. The van der Waals surface area contributed by atoms with Crippen LogP contribution in [0.2, 0.25) is 0 Å². The topological polar surface area (TPSA) is 27.1 Å². The summed E-state index contributed by atoms with van der Waals surface area (Å²) in [6.45, 7) is 8.97. The van der Waals surface area contributed by atoms with Gasteiger partial charge in [0.25, 0.3) is 0 Å². The third-order valence-electron chi connectivity index (χ3n) is 2.52. The summed E-state index contributed by atoms with van der Waals surface area (Å²) in [6, 6.07) is 0. The Labute approximate surface area is 107 Å². The SMILES string of the molecule is C=C/C(=C(/F)C(=C)Br)c1cn2c(n1)COCC2. The van der Waals surface area contributed by atoms with Crippen LogP contribution in [0.25, 0.3) is 5.57 Å². The molecule has 0 fully saturated rings. The molecule has 1 aliphatic heterocycles. The van der Waals surface area contributed by atoms with Crippen LogP contribution in [0.3, 0.4) is 0 Å². The second-order valence-electron chi connectivity index (χ2n) is 3.63. The van der Waals surface area contributed by atoms with Gasteiger partial charge in [0.1, 0.15) is 18.3 Å². The highest BCUT2D eigenvalue weighted by Crippen LogP contribution is 2.28. The number of fused-ring (bicyclic) bond motifs is 1. The zero-order valence-corrected chi connectivity index (χ0v) is 10.8. The van der Waals surface area contributed by atoms with Crippen molar-refractivity contribution >= 4 is 21.5 Å². The molecule has 1 aliphatic rings. The normalized spacial score (nSPS) is 16.1. The van der Waals surface area contributed by atoms with E-state index in [1.54, 1.807) is 0 Å². The second kappa shape index (κ2) is 4.98. The summed E-state index contributed by atoms with van der Waals surface area (Å²) in [6.07, 6.45) is 3.25. The zero-order valence-electron chi connectivity index (χ0n) is 9.25. The van der Waals surface area contributed by atoms with E-state index in [0.717, 1.165) is 12.4 Å². The number of rotatable bonds is 3. The Morgan fingerprint density at radius 2 is 2.41 bits per heavy atom. The highest BCUT2D eigenvalue weighted by Gasteiger charge is 2.16. The molecular weight excluding hydrogens is 287 g/mol. The largest absolute Gasteiger partial charge is 0.372 e. The Morgan fingerprint density at radius 1 is 1.65 bits per heavy atom. The van der Waals surface area contributed by atoms with Crippen molar-refractivity contribution in [1.82, 2.24) is 9.55 Å². The minimum atomic E-state index is -0.448. The first kappa shape index (κ1) is 12.3. The Balaban J connectivity index is 2.45. The van der Waals surface area contributed by atoms with Crippen LogP contribution in [0.15, 0.2) is 35.7 Å². The molecule has 3 nitrogen and oxygen atoms in total. The molecule has 17 heavy (non-hydrogen) atoms. The number of imidazole rings is 1. The van der Waals surface area contributed by atoms with Crippen molar-refractivity contribution in [3.05, 3.63) is 47.3 Å². The molecule has 0 N–H and O–H groups in total. The van der Waals surface area contributed by atoms with Crippen molar-refractivity contribution in [2.24, 2.45) is 0 Å². The van der Waals surface area contributed by atoms with Crippen LogP contribution >= 0.6 is 15.9 Å². The minimum Gasteiger partial charge on any atom is -0.372 e.